The first-order valence-electron chi connectivity index (χ1n) is 10.2. The predicted molar refractivity (Wildman–Crippen MR) is 129 cm³/mol. The molecule has 1 aromatic rings. The van der Waals surface area contributed by atoms with Gasteiger partial charge in [-0.05, 0) is 31.9 Å². The molecule has 166 valence electrons. The highest BCUT2D eigenvalue weighted by Crippen LogP contribution is 2.31. The zero-order valence-corrected chi connectivity index (χ0v) is 20.6. The number of guanidine groups is 1. The summed E-state index contributed by atoms with van der Waals surface area (Å²) in [6.45, 7) is 8.84. The fourth-order valence-corrected chi connectivity index (χ4v) is 4.94. The Hall–Kier alpha value is -0.460. The molecule has 29 heavy (non-hydrogen) atoms. The van der Waals surface area contributed by atoms with Crippen LogP contribution in [0.15, 0.2) is 17.1 Å². The third-order valence-electron chi connectivity index (χ3n) is 5.72. The van der Waals surface area contributed by atoms with Crippen molar-refractivity contribution < 1.29 is 14.6 Å². The highest BCUT2D eigenvalue weighted by atomic mass is 127. The van der Waals surface area contributed by atoms with E-state index in [2.05, 4.69) is 39.6 Å². The minimum Gasteiger partial charge on any atom is -0.396 e. The van der Waals surface area contributed by atoms with Crippen LogP contribution in [0.4, 0.5) is 0 Å². The second-order valence-electron chi connectivity index (χ2n) is 7.70. The van der Waals surface area contributed by atoms with E-state index in [0.717, 1.165) is 64.8 Å². The standard InChI is InChI=1S/C20H34N4O3S.HI/c1-16-3-4-18(28-16)17(24-7-11-26-12-8-24)13-22-19(21-2)23-14-20(5-9-25)6-10-27-15-20;/h3-4,17,25H,5-15H2,1-2H3,(H2,21,22,23);1H. The van der Waals surface area contributed by atoms with Crippen molar-refractivity contribution in [3.8, 4) is 0 Å². The third kappa shape index (κ3) is 7.03. The number of aliphatic hydroxyl groups excluding tert-OH is 1. The fraction of sp³-hybridized carbons (Fsp3) is 0.750. The maximum Gasteiger partial charge on any atom is 0.191 e. The molecule has 0 aliphatic carbocycles. The summed E-state index contributed by atoms with van der Waals surface area (Å²) in [6.07, 6.45) is 1.73. The van der Waals surface area contributed by atoms with Crippen molar-refractivity contribution in [2.24, 2.45) is 10.4 Å². The summed E-state index contributed by atoms with van der Waals surface area (Å²) < 4.78 is 11.1. The van der Waals surface area contributed by atoms with Gasteiger partial charge in [0.25, 0.3) is 0 Å². The molecule has 7 nitrogen and oxygen atoms in total. The molecule has 2 unspecified atom stereocenters. The van der Waals surface area contributed by atoms with Crippen molar-refractivity contribution in [1.29, 1.82) is 0 Å². The topological polar surface area (TPSA) is 78.4 Å². The van der Waals surface area contributed by atoms with Gasteiger partial charge in [0.2, 0.25) is 0 Å². The Morgan fingerprint density at radius 1 is 1.28 bits per heavy atom. The number of nitrogens with one attached hydrogen (secondary N) is 2. The fourth-order valence-electron chi connectivity index (χ4n) is 3.93. The number of aryl methyl sites for hydroxylation is 1. The normalized spacial score (nSPS) is 24.2. The van der Waals surface area contributed by atoms with Crippen LogP contribution in [0.5, 0.6) is 0 Å². The molecule has 1 aromatic heterocycles. The summed E-state index contributed by atoms with van der Waals surface area (Å²) in [5, 5.41) is 16.4. The van der Waals surface area contributed by atoms with E-state index in [1.165, 1.54) is 9.75 Å². The van der Waals surface area contributed by atoms with Crippen LogP contribution in [0, 0.1) is 12.3 Å². The Bertz CT molecular complexity index is 631. The number of hydrogen-bond donors (Lipinski definition) is 3. The van der Waals surface area contributed by atoms with Gasteiger partial charge in [-0.1, -0.05) is 0 Å². The lowest BCUT2D eigenvalue weighted by Crippen LogP contribution is -2.48. The van der Waals surface area contributed by atoms with Crippen molar-refractivity contribution in [1.82, 2.24) is 15.5 Å². The van der Waals surface area contributed by atoms with E-state index in [4.69, 9.17) is 9.47 Å². The lowest BCUT2D eigenvalue weighted by Gasteiger charge is -2.34. The third-order valence-corrected chi connectivity index (χ3v) is 6.82. The first-order valence-corrected chi connectivity index (χ1v) is 11.0. The highest BCUT2D eigenvalue weighted by Gasteiger charge is 2.34. The van der Waals surface area contributed by atoms with Crippen LogP contribution in [0.2, 0.25) is 0 Å². The number of ether oxygens (including phenoxy) is 2. The second kappa shape index (κ2) is 12.4. The number of hydrogen-bond acceptors (Lipinski definition) is 6. The summed E-state index contributed by atoms with van der Waals surface area (Å²) in [7, 11) is 1.80. The van der Waals surface area contributed by atoms with E-state index in [9.17, 15) is 5.11 Å². The van der Waals surface area contributed by atoms with Crippen LogP contribution >= 0.6 is 35.3 Å². The largest absolute Gasteiger partial charge is 0.396 e. The quantitative estimate of drug-likeness (QED) is 0.267. The van der Waals surface area contributed by atoms with Crippen LogP contribution in [-0.2, 0) is 9.47 Å². The zero-order chi connectivity index (χ0) is 19.8. The van der Waals surface area contributed by atoms with Gasteiger partial charge in [-0.2, -0.15) is 0 Å². The molecular formula is C20H35IN4O3S. The van der Waals surface area contributed by atoms with Gasteiger partial charge in [-0.15, -0.1) is 35.3 Å². The first-order chi connectivity index (χ1) is 13.7. The Balaban J connectivity index is 0.00000300. The van der Waals surface area contributed by atoms with Crippen LogP contribution in [0.25, 0.3) is 0 Å². The maximum atomic E-state index is 9.42. The van der Waals surface area contributed by atoms with E-state index in [1.807, 2.05) is 11.3 Å². The number of thiophene rings is 1. The van der Waals surface area contributed by atoms with Crippen LogP contribution in [-0.4, -0.2) is 82.2 Å². The van der Waals surface area contributed by atoms with Gasteiger partial charge in [0.1, 0.15) is 0 Å². The van der Waals surface area contributed by atoms with Gasteiger partial charge in [-0.3, -0.25) is 9.89 Å². The molecule has 3 N–H and O–H groups in total. The molecule has 3 heterocycles. The van der Waals surface area contributed by atoms with Crippen LogP contribution < -0.4 is 10.6 Å². The molecule has 2 fully saturated rings. The summed E-state index contributed by atoms with van der Waals surface area (Å²) in [4.78, 5) is 9.61. The van der Waals surface area contributed by atoms with Gasteiger partial charge in [0, 0.05) is 61.6 Å². The lowest BCUT2D eigenvalue weighted by atomic mass is 9.84. The average Bonchev–Trinajstić information content (AvgIpc) is 3.35. The Labute approximate surface area is 195 Å². The molecule has 0 amide bonds. The lowest BCUT2D eigenvalue weighted by molar-refractivity contribution is 0.0177. The van der Waals surface area contributed by atoms with E-state index in [0.29, 0.717) is 12.6 Å². The van der Waals surface area contributed by atoms with Crippen molar-refractivity contribution in [2.75, 3.05) is 66.3 Å². The number of rotatable bonds is 8. The molecule has 0 spiro atoms. The summed E-state index contributed by atoms with van der Waals surface area (Å²) in [5.41, 5.74) is 0.000837. The van der Waals surface area contributed by atoms with E-state index in [1.54, 1.807) is 7.05 Å². The molecule has 9 heteroatoms. The molecule has 0 aromatic carbocycles. The smallest absolute Gasteiger partial charge is 0.191 e. The summed E-state index contributed by atoms with van der Waals surface area (Å²) in [6, 6.07) is 4.74. The van der Waals surface area contributed by atoms with E-state index < -0.39 is 0 Å². The number of morpholine rings is 1. The highest BCUT2D eigenvalue weighted by molar-refractivity contribution is 14.0. The molecular weight excluding hydrogens is 503 g/mol. The average molecular weight is 538 g/mol. The summed E-state index contributed by atoms with van der Waals surface area (Å²) in [5.74, 6) is 0.802. The predicted octanol–water partition coefficient (Wildman–Crippen LogP) is 2.00. The Morgan fingerprint density at radius 2 is 2.07 bits per heavy atom. The van der Waals surface area contributed by atoms with E-state index in [-0.39, 0.29) is 36.0 Å². The maximum absolute atomic E-state index is 9.42. The van der Waals surface area contributed by atoms with Crippen LogP contribution in [0.3, 0.4) is 0 Å². The molecule has 0 radical (unpaired) electrons. The minimum atomic E-state index is 0. The monoisotopic (exact) mass is 538 g/mol. The van der Waals surface area contributed by atoms with Gasteiger partial charge in [-0.25, -0.2) is 0 Å². The molecule has 2 aliphatic rings. The molecule has 0 bridgehead atoms. The molecule has 2 atom stereocenters. The SMILES string of the molecule is CN=C(NCC(c1ccc(C)s1)N1CCOCC1)NCC1(CCO)CCOC1.I. The molecule has 2 aliphatic heterocycles. The van der Waals surface area contributed by atoms with Gasteiger partial charge < -0.3 is 25.2 Å². The van der Waals surface area contributed by atoms with Gasteiger partial charge in [0.05, 0.1) is 25.9 Å². The van der Waals surface area contributed by atoms with Crippen molar-refractivity contribution >= 4 is 41.3 Å². The zero-order valence-electron chi connectivity index (χ0n) is 17.5. The van der Waals surface area contributed by atoms with Crippen molar-refractivity contribution in [3.05, 3.63) is 21.9 Å². The first kappa shape index (κ1) is 24.8. The number of aliphatic hydroxyl groups is 1. The Kier molecular flexibility index (Phi) is 10.6. The number of aliphatic imine (C=N–C) groups is 1. The van der Waals surface area contributed by atoms with Crippen LogP contribution in [0.1, 0.15) is 28.6 Å². The summed E-state index contributed by atoms with van der Waals surface area (Å²) >= 11 is 1.86. The van der Waals surface area contributed by atoms with E-state index >= 15 is 0 Å². The van der Waals surface area contributed by atoms with Gasteiger partial charge in [0.15, 0.2) is 5.96 Å². The van der Waals surface area contributed by atoms with Crippen molar-refractivity contribution in [2.45, 2.75) is 25.8 Å². The number of nitrogens with zero attached hydrogens (tertiary/aromatic N) is 2. The van der Waals surface area contributed by atoms with Crippen molar-refractivity contribution in [3.63, 3.8) is 0 Å². The molecule has 0 saturated carbocycles. The number of halogens is 1. The second-order valence-corrected chi connectivity index (χ2v) is 9.01. The molecule has 3 rings (SSSR count). The Morgan fingerprint density at radius 3 is 2.66 bits per heavy atom. The molecule has 2 saturated heterocycles. The van der Waals surface area contributed by atoms with Gasteiger partial charge >= 0.3 is 0 Å². The minimum absolute atomic E-state index is 0.